The molecule has 2 aromatic rings. The summed E-state index contributed by atoms with van der Waals surface area (Å²) in [5.74, 6) is -0.348. The third-order valence-corrected chi connectivity index (χ3v) is 9.66. The van der Waals surface area contributed by atoms with Crippen molar-refractivity contribution in [3.8, 4) is 0 Å². The maximum absolute atomic E-state index is 13.0. The standard InChI is InChI=1S/C21H24BrN3O4S2/c22-18-10-11-19(30-18)31(28,29)25-14-4-5-17(25)20(26)23-16-8-6-15(7-9-16)21(27)24-12-2-1-3-13-24/h6-11,17H,1-5,12-14H2,(H,23,26)/t17-/m0/s1. The van der Waals surface area contributed by atoms with Crippen molar-refractivity contribution in [3.63, 3.8) is 0 Å². The van der Waals surface area contributed by atoms with Gasteiger partial charge in [-0.05, 0) is 84.4 Å². The van der Waals surface area contributed by atoms with Crippen LogP contribution in [-0.4, -0.2) is 55.1 Å². The highest BCUT2D eigenvalue weighted by atomic mass is 79.9. The number of rotatable bonds is 5. The number of hydrogen-bond donors (Lipinski definition) is 1. The van der Waals surface area contributed by atoms with E-state index in [-0.39, 0.29) is 16.0 Å². The van der Waals surface area contributed by atoms with Gasteiger partial charge in [-0.3, -0.25) is 9.59 Å². The Morgan fingerprint density at radius 1 is 0.968 bits per heavy atom. The van der Waals surface area contributed by atoms with Gasteiger partial charge in [-0.1, -0.05) is 0 Å². The minimum atomic E-state index is -3.72. The molecule has 0 aliphatic carbocycles. The summed E-state index contributed by atoms with van der Waals surface area (Å²) in [5.41, 5.74) is 1.14. The molecular formula is C21H24BrN3O4S2. The minimum absolute atomic E-state index is 0.00717. The summed E-state index contributed by atoms with van der Waals surface area (Å²) in [7, 11) is -3.72. The first kappa shape index (κ1) is 22.4. The first-order chi connectivity index (χ1) is 14.9. The van der Waals surface area contributed by atoms with E-state index in [0.717, 1.165) is 47.5 Å². The minimum Gasteiger partial charge on any atom is -0.339 e. The third kappa shape index (κ3) is 4.87. The van der Waals surface area contributed by atoms with Crippen molar-refractivity contribution < 1.29 is 18.0 Å². The molecule has 0 saturated carbocycles. The highest BCUT2D eigenvalue weighted by Gasteiger charge is 2.40. The first-order valence-electron chi connectivity index (χ1n) is 10.3. The van der Waals surface area contributed by atoms with E-state index in [4.69, 9.17) is 0 Å². The summed E-state index contributed by atoms with van der Waals surface area (Å²) >= 11 is 4.43. The molecule has 2 aliphatic heterocycles. The molecule has 2 saturated heterocycles. The molecule has 2 aliphatic rings. The number of amides is 2. The molecule has 2 amide bonds. The molecule has 1 aromatic heterocycles. The number of carbonyl (C=O) groups excluding carboxylic acids is 2. The Labute approximate surface area is 194 Å². The number of nitrogens with zero attached hydrogens (tertiary/aromatic N) is 2. The number of piperidine rings is 1. The van der Waals surface area contributed by atoms with Crippen LogP contribution in [0.1, 0.15) is 42.5 Å². The van der Waals surface area contributed by atoms with Gasteiger partial charge in [0, 0.05) is 30.9 Å². The zero-order valence-corrected chi connectivity index (χ0v) is 20.1. The van der Waals surface area contributed by atoms with Gasteiger partial charge in [0.05, 0.1) is 3.79 Å². The second-order valence-corrected chi connectivity index (χ2v) is 12.3. The van der Waals surface area contributed by atoms with Crippen molar-refractivity contribution in [2.45, 2.75) is 42.4 Å². The lowest BCUT2D eigenvalue weighted by Crippen LogP contribution is -2.42. The molecular weight excluding hydrogens is 502 g/mol. The molecule has 1 aromatic carbocycles. The summed E-state index contributed by atoms with van der Waals surface area (Å²) in [5, 5.41) is 2.81. The van der Waals surface area contributed by atoms with Crippen LogP contribution in [0.25, 0.3) is 0 Å². The number of nitrogens with one attached hydrogen (secondary N) is 1. The second-order valence-electron chi connectivity index (χ2n) is 7.75. The molecule has 0 spiro atoms. The van der Waals surface area contributed by atoms with Crippen LogP contribution in [0.2, 0.25) is 0 Å². The Kier molecular flexibility index (Phi) is 6.80. The smallest absolute Gasteiger partial charge is 0.253 e. The van der Waals surface area contributed by atoms with Gasteiger partial charge in [0.25, 0.3) is 15.9 Å². The van der Waals surface area contributed by atoms with E-state index in [0.29, 0.717) is 30.6 Å². The van der Waals surface area contributed by atoms with E-state index >= 15 is 0 Å². The van der Waals surface area contributed by atoms with Crippen LogP contribution in [0.4, 0.5) is 5.69 Å². The largest absolute Gasteiger partial charge is 0.339 e. The molecule has 1 N–H and O–H groups in total. The summed E-state index contributed by atoms with van der Waals surface area (Å²) < 4.78 is 28.2. The summed E-state index contributed by atoms with van der Waals surface area (Å²) in [6.07, 6.45) is 4.33. The zero-order valence-electron chi connectivity index (χ0n) is 16.9. The fourth-order valence-electron chi connectivity index (χ4n) is 4.04. The van der Waals surface area contributed by atoms with E-state index in [1.54, 1.807) is 36.4 Å². The Hall–Kier alpha value is -1.75. The van der Waals surface area contributed by atoms with Gasteiger partial charge in [-0.25, -0.2) is 8.42 Å². The number of benzene rings is 1. The van der Waals surface area contributed by atoms with Crippen molar-refractivity contribution in [1.82, 2.24) is 9.21 Å². The molecule has 4 rings (SSSR count). The van der Waals surface area contributed by atoms with Gasteiger partial charge in [-0.2, -0.15) is 4.31 Å². The number of anilines is 1. The Bertz CT molecular complexity index is 1060. The number of likely N-dealkylation sites (tertiary alicyclic amines) is 1. The number of halogens is 1. The predicted octanol–water partition coefficient (Wildman–Crippen LogP) is 3.93. The summed E-state index contributed by atoms with van der Waals surface area (Å²) in [4.78, 5) is 27.3. The molecule has 166 valence electrons. The van der Waals surface area contributed by atoms with Gasteiger partial charge in [-0.15, -0.1) is 11.3 Å². The molecule has 3 heterocycles. The second kappa shape index (κ2) is 9.40. The van der Waals surface area contributed by atoms with E-state index in [2.05, 4.69) is 21.2 Å². The van der Waals surface area contributed by atoms with E-state index in [1.807, 2.05) is 4.90 Å². The number of carbonyl (C=O) groups is 2. The lowest BCUT2D eigenvalue weighted by molar-refractivity contribution is -0.119. The lowest BCUT2D eigenvalue weighted by Gasteiger charge is -2.26. The third-order valence-electron chi connectivity index (χ3n) is 5.66. The van der Waals surface area contributed by atoms with E-state index in [9.17, 15) is 18.0 Å². The Morgan fingerprint density at radius 3 is 2.32 bits per heavy atom. The highest BCUT2D eigenvalue weighted by Crippen LogP contribution is 2.32. The molecule has 0 radical (unpaired) electrons. The molecule has 2 fully saturated rings. The van der Waals surface area contributed by atoms with Crippen LogP contribution in [0, 0.1) is 0 Å². The number of thiophene rings is 1. The van der Waals surface area contributed by atoms with Crippen LogP contribution in [0.3, 0.4) is 0 Å². The van der Waals surface area contributed by atoms with Crippen LogP contribution in [0.5, 0.6) is 0 Å². The highest BCUT2D eigenvalue weighted by molar-refractivity contribution is 9.11. The SMILES string of the molecule is O=C(Nc1ccc(C(=O)N2CCCCC2)cc1)[C@@H]1CCCN1S(=O)(=O)c1ccc(Br)s1. The number of hydrogen-bond acceptors (Lipinski definition) is 5. The first-order valence-corrected chi connectivity index (χ1v) is 13.4. The molecule has 10 heteroatoms. The molecule has 0 bridgehead atoms. The van der Waals surface area contributed by atoms with Gasteiger partial charge in [0.2, 0.25) is 5.91 Å². The van der Waals surface area contributed by atoms with E-state index in [1.165, 1.54) is 4.31 Å². The van der Waals surface area contributed by atoms with Crippen molar-refractivity contribution in [2.24, 2.45) is 0 Å². The van der Waals surface area contributed by atoms with Crippen molar-refractivity contribution in [2.75, 3.05) is 25.0 Å². The van der Waals surface area contributed by atoms with Gasteiger partial charge < -0.3 is 10.2 Å². The number of sulfonamides is 1. The molecule has 1 atom stereocenters. The monoisotopic (exact) mass is 525 g/mol. The van der Waals surface area contributed by atoms with Crippen LogP contribution >= 0.6 is 27.3 Å². The Balaban J connectivity index is 1.43. The van der Waals surface area contributed by atoms with Crippen LogP contribution in [0.15, 0.2) is 44.4 Å². The maximum Gasteiger partial charge on any atom is 0.253 e. The fraction of sp³-hybridized carbons (Fsp3) is 0.429. The van der Waals surface area contributed by atoms with Crippen molar-refractivity contribution in [1.29, 1.82) is 0 Å². The summed E-state index contributed by atoms with van der Waals surface area (Å²) in [6.45, 7) is 1.88. The van der Waals surface area contributed by atoms with E-state index < -0.39 is 16.1 Å². The fourth-order valence-corrected chi connectivity index (χ4v) is 7.84. The van der Waals surface area contributed by atoms with Gasteiger partial charge in [0.15, 0.2) is 0 Å². The average Bonchev–Trinajstić information content (AvgIpc) is 3.44. The van der Waals surface area contributed by atoms with Gasteiger partial charge >= 0.3 is 0 Å². The predicted molar refractivity (Wildman–Crippen MR) is 124 cm³/mol. The quantitative estimate of drug-likeness (QED) is 0.640. The Morgan fingerprint density at radius 2 is 1.68 bits per heavy atom. The molecule has 0 unspecified atom stereocenters. The average molecular weight is 526 g/mol. The molecule has 31 heavy (non-hydrogen) atoms. The molecule has 7 nitrogen and oxygen atoms in total. The van der Waals surface area contributed by atoms with Crippen LogP contribution in [-0.2, 0) is 14.8 Å². The van der Waals surface area contributed by atoms with Crippen molar-refractivity contribution in [3.05, 3.63) is 45.7 Å². The lowest BCUT2D eigenvalue weighted by atomic mass is 10.1. The van der Waals surface area contributed by atoms with Crippen LogP contribution < -0.4 is 5.32 Å². The van der Waals surface area contributed by atoms with Gasteiger partial charge in [0.1, 0.15) is 10.3 Å². The topological polar surface area (TPSA) is 86.8 Å². The zero-order chi connectivity index (χ0) is 22.0. The van der Waals surface area contributed by atoms with Crippen molar-refractivity contribution >= 4 is 54.8 Å². The summed E-state index contributed by atoms with van der Waals surface area (Å²) in [6, 6.07) is 9.29. The maximum atomic E-state index is 13.0. The normalized spacial score (nSPS) is 20.0.